The quantitative estimate of drug-likeness (QED) is 0.107. The molecule has 0 heterocycles. The fraction of sp³-hybridized carbons (Fsp3) is 0.286. The third-order valence-corrected chi connectivity index (χ3v) is 7.67. The lowest BCUT2D eigenvalue weighted by molar-refractivity contribution is 1.50. The molecule has 0 atom stereocenters. The monoisotopic (exact) mass is 749 g/mol. The Hall–Kier alpha value is -5.20. The first-order valence-electron chi connectivity index (χ1n) is 21.8. The molecule has 9 aromatic carbocycles. The topological polar surface area (TPSA) is 0 Å². The van der Waals surface area contributed by atoms with E-state index in [0.29, 0.717) is 0 Å². The van der Waals surface area contributed by atoms with Crippen molar-refractivity contribution in [1.29, 1.82) is 0 Å². The molecule has 0 saturated heterocycles. The summed E-state index contributed by atoms with van der Waals surface area (Å²) in [6.45, 7) is 32.0. The van der Waals surface area contributed by atoms with Crippen LogP contribution in [0.2, 0.25) is 0 Å². The summed E-state index contributed by atoms with van der Waals surface area (Å²) in [5, 5.41) is 16.0. The van der Waals surface area contributed by atoms with Crippen LogP contribution in [-0.4, -0.2) is 0 Å². The molecule has 0 aliphatic carbocycles. The Morgan fingerprint density at radius 1 is 0.161 bits per heavy atom. The molecule has 56 heavy (non-hydrogen) atoms. The van der Waals surface area contributed by atoms with Gasteiger partial charge in [-0.05, 0) is 76.8 Å². The molecular formula is C56H76. The first kappa shape index (κ1) is 52.9. The van der Waals surface area contributed by atoms with Crippen LogP contribution in [0.4, 0.5) is 0 Å². The van der Waals surface area contributed by atoms with E-state index >= 15 is 0 Å². The van der Waals surface area contributed by atoms with Crippen molar-refractivity contribution in [2.45, 2.75) is 111 Å². The second-order valence-corrected chi connectivity index (χ2v) is 10.2. The van der Waals surface area contributed by atoms with E-state index in [1.54, 1.807) is 0 Å². The van der Waals surface area contributed by atoms with Gasteiger partial charge in [0.05, 0.1) is 0 Å². The Labute approximate surface area is 344 Å². The zero-order chi connectivity index (χ0) is 42.7. The molecule has 0 nitrogen and oxygen atoms in total. The van der Waals surface area contributed by atoms with Crippen molar-refractivity contribution in [1.82, 2.24) is 0 Å². The zero-order valence-electron chi connectivity index (χ0n) is 38.2. The predicted octanol–water partition coefficient (Wildman–Crippen LogP) is 19.6. The molecule has 0 amide bonds. The van der Waals surface area contributed by atoms with Gasteiger partial charge in [0.1, 0.15) is 0 Å². The first-order chi connectivity index (χ1) is 27.8. The normalized spacial score (nSPS) is 8.71. The van der Waals surface area contributed by atoms with Gasteiger partial charge < -0.3 is 0 Å². The average molecular weight is 749 g/mol. The maximum Gasteiger partial charge on any atom is -0.00268 e. The van der Waals surface area contributed by atoms with Crippen molar-refractivity contribution in [3.8, 4) is 0 Å². The summed E-state index contributed by atoms with van der Waals surface area (Å²) in [4.78, 5) is 0. The molecule has 0 aliphatic rings. The van der Waals surface area contributed by atoms with Gasteiger partial charge >= 0.3 is 0 Å². The molecule has 0 N–H and O–H groups in total. The fourth-order valence-electron chi connectivity index (χ4n) is 5.69. The molecule has 0 bridgehead atoms. The predicted molar refractivity (Wildman–Crippen MR) is 266 cm³/mol. The Balaban J connectivity index is 0. The van der Waals surface area contributed by atoms with Crippen molar-refractivity contribution in [3.63, 3.8) is 0 Å². The van der Waals surface area contributed by atoms with E-state index in [9.17, 15) is 0 Å². The second kappa shape index (κ2) is 34.3. The fourth-order valence-corrected chi connectivity index (χ4v) is 5.69. The number of benzene rings is 9. The van der Waals surface area contributed by atoms with Crippen LogP contribution >= 0.6 is 0 Å². The van der Waals surface area contributed by atoms with E-state index in [-0.39, 0.29) is 0 Å². The Bertz CT molecular complexity index is 1920. The van der Waals surface area contributed by atoms with Crippen LogP contribution in [-0.2, 0) is 0 Å². The number of fused-ring (bicyclic) bond motifs is 3. The third kappa shape index (κ3) is 15.5. The van der Waals surface area contributed by atoms with Crippen LogP contribution in [0.3, 0.4) is 0 Å². The highest BCUT2D eigenvalue weighted by Gasteiger charge is 2.06. The van der Waals surface area contributed by atoms with Gasteiger partial charge in [-0.3, -0.25) is 0 Å². The van der Waals surface area contributed by atoms with Crippen LogP contribution in [0.25, 0.3) is 64.6 Å². The SMILES string of the molecule is CC.CC.CC.CC.CC.CC.CC.CC.c1cc2ccc3cccc4ccc(c1)c2c34.c1ccc2cc3ccccc3cc2c1.c1ccc2ccccc2c1. The highest BCUT2D eigenvalue weighted by molar-refractivity contribution is 6.22. The molecule has 0 aliphatic heterocycles. The Morgan fingerprint density at radius 3 is 0.518 bits per heavy atom. The van der Waals surface area contributed by atoms with Gasteiger partial charge in [0.2, 0.25) is 0 Å². The van der Waals surface area contributed by atoms with Gasteiger partial charge in [0, 0.05) is 0 Å². The zero-order valence-corrected chi connectivity index (χ0v) is 38.2. The maximum absolute atomic E-state index is 2.24. The smallest absolute Gasteiger partial charge is 0.00268 e. The lowest BCUT2D eigenvalue weighted by atomic mass is 9.95. The lowest BCUT2D eigenvalue weighted by Crippen LogP contribution is -1.82. The van der Waals surface area contributed by atoms with E-state index in [0.717, 1.165) is 0 Å². The molecule has 9 rings (SSSR count). The Morgan fingerprint density at radius 2 is 0.321 bits per heavy atom. The molecule has 0 heteroatoms. The van der Waals surface area contributed by atoms with Gasteiger partial charge in [-0.2, -0.15) is 0 Å². The molecule has 0 unspecified atom stereocenters. The molecule has 0 spiro atoms. The largest absolute Gasteiger partial charge is 0.0683 e. The van der Waals surface area contributed by atoms with E-state index in [4.69, 9.17) is 0 Å². The second-order valence-electron chi connectivity index (χ2n) is 10.2. The summed E-state index contributed by atoms with van der Waals surface area (Å²) in [7, 11) is 0. The summed E-state index contributed by atoms with van der Waals surface area (Å²) in [5.41, 5.74) is 0. The molecule has 0 saturated carbocycles. The Kier molecular flexibility index (Phi) is 32.4. The van der Waals surface area contributed by atoms with Gasteiger partial charge in [0.25, 0.3) is 0 Å². The summed E-state index contributed by atoms with van der Waals surface area (Å²) >= 11 is 0. The molecular weight excluding hydrogens is 673 g/mol. The highest BCUT2D eigenvalue weighted by Crippen LogP contribution is 2.33. The first-order valence-corrected chi connectivity index (χ1v) is 21.8. The standard InChI is InChI=1S/C16H10.C14H10.C10H8.8C2H6/c1-3-11-7-9-13-5-2-6-14-10-8-12(4-1)15(11)16(13)14;1-2-6-12-10-14-8-4-3-7-13(14)9-11(12)5-1;1-2-6-10-8-4-3-7-9(10)5-1;8*1-2/h1-10H;1-10H;1-8H;8*1-2H3. The molecule has 0 fully saturated rings. The summed E-state index contributed by atoms with van der Waals surface area (Å²) < 4.78 is 0. The van der Waals surface area contributed by atoms with Crippen LogP contribution in [0.1, 0.15) is 111 Å². The summed E-state index contributed by atoms with van der Waals surface area (Å²) in [6.07, 6.45) is 0. The summed E-state index contributed by atoms with van der Waals surface area (Å²) in [6, 6.07) is 60.0. The maximum atomic E-state index is 2.24. The van der Waals surface area contributed by atoms with E-state index in [2.05, 4.69) is 170 Å². The van der Waals surface area contributed by atoms with Crippen molar-refractivity contribution < 1.29 is 0 Å². The van der Waals surface area contributed by atoms with Crippen LogP contribution in [0.15, 0.2) is 170 Å². The highest BCUT2D eigenvalue weighted by atomic mass is 14.1. The van der Waals surface area contributed by atoms with Gasteiger partial charge in [-0.25, -0.2) is 0 Å². The van der Waals surface area contributed by atoms with E-state index in [1.165, 1.54) is 64.6 Å². The number of rotatable bonds is 0. The third-order valence-electron chi connectivity index (χ3n) is 7.67. The van der Waals surface area contributed by atoms with E-state index in [1.807, 2.05) is 111 Å². The number of hydrogen-bond donors (Lipinski definition) is 0. The molecule has 0 aromatic heterocycles. The van der Waals surface area contributed by atoms with Gasteiger partial charge in [-0.15, -0.1) is 0 Å². The van der Waals surface area contributed by atoms with Crippen molar-refractivity contribution in [3.05, 3.63) is 170 Å². The average Bonchev–Trinajstić information content (AvgIpc) is 3.33. The molecule has 0 radical (unpaired) electrons. The van der Waals surface area contributed by atoms with Gasteiger partial charge in [0.15, 0.2) is 0 Å². The minimum absolute atomic E-state index is 1.31. The van der Waals surface area contributed by atoms with Crippen molar-refractivity contribution in [2.75, 3.05) is 0 Å². The van der Waals surface area contributed by atoms with E-state index < -0.39 is 0 Å². The lowest BCUT2D eigenvalue weighted by Gasteiger charge is -2.09. The van der Waals surface area contributed by atoms with Crippen molar-refractivity contribution >= 4 is 64.6 Å². The van der Waals surface area contributed by atoms with Crippen LogP contribution in [0, 0.1) is 0 Å². The van der Waals surface area contributed by atoms with Crippen molar-refractivity contribution in [2.24, 2.45) is 0 Å². The number of hydrogen-bond acceptors (Lipinski definition) is 0. The van der Waals surface area contributed by atoms with Crippen LogP contribution in [0.5, 0.6) is 0 Å². The van der Waals surface area contributed by atoms with Crippen LogP contribution < -0.4 is 0 Å². The molecule has 9 aromatic rings. The minimum Gasteiger partial charge on any atom is -0.0683 e. The summed E-state index contributed by atoms with van der Waals surface area (Å²) in [5.74, 6) is 0. The molecule has 300 valence electrons. The minimum atomic E-state index is 1.31. The van der Waals surface area contributed by atoms with Gasteiger partial charge in [-0.1, -0.05) is 269 Å².